The van der Waals surface area contributed by atoms with E-state index in [1.165, 1.54) is 11.1 Å². The van der Waals surface area contributed by atoms with Gasteiger partial charge in [-0.2, -0.15) is 0 Å². The molecule has 0 amide bonds. The van der Waals surface area contributed by atoms with Gasteiger partial charge in [-0.25, -0.2) is 4.98 Å². The predicted octanol–water partition coefficient (Wildman–Crippen LogP) is 5.84. The van der Waals surface area contributed by atoms with Gasteiger partial charge in [0.25, 0.3) is 5.17 Å². The molecule has 0 fully saturated rings. The quantitative estimate of drug-likeness (QED) is 0.386. The Balaban J connectivity index is 1.57. The van der Waals surface area contributed by atoms with Crippen molar-refractivity contribution in [2.45, 2.75) is 19.4 Å². The van der Waals surface area contributed by atoms with Crippen LogP contribution in [0.5, 0.6) is 11.6 Å². The van der Waals surface area contributed by atoms with Crippen LogP contribution in [0.1, 0.15) is 28.4 Å². The molecule has 0 spiro atoms. The monoisotopic (exact) mass is 463 g/mol. The van der Waals surface area contributed by atoms with Crippen LogP contribution >= 0.6 is 23.8 Å². The van der Waals surface area contributed by atoms with Crippen LogP contribution in [0.2, 0.25) is 5.02 Å². The first-order valence-electron chi connectivity index (χ1n) is 10.4. The molecule has 7 heteroatoms. The number of pyridine rings is 1. The lowest BCUT2D eigenvalue weighted by atomic mass is 9.93. The number of hydrogen-bond acceptors (Lipinski definition) is 4. The number of methoxy groups -OCH3 is 1. The number of fused-ring (bicyclic) bond motifs is 3. The lowest BCUT2D eigenvalue weighted by molar-refractivity contribution is 0.288. The normalized spacial score (nSPS) is 15.5. The number of nitrogens with zero attached hydrogens (tertiary/aromatic N) is 2. The summed E-state index contributed by atoms with van der Waals surface area (Å²) in [5.41, 5.74) is 5.55. The van der Waals surface area contributed by atoms with Gasteiger partial charge in [0.2, 0.25) is 5.88 Å². The van der Waals surface area contributed by atoms with E-state index in [2.05, 4.69) is 14.9 Å². The maximum absolute atomic E-state index is 6.30. The molecule has 1 aliphatic rings. The Morgan fingerprint density at radius 2 is 1.97 bits per heavy atom. The predicted molar refractivity (Wildman–Crippen MR) is 131 cm³/mol. The maximum Gasteiger partial charge on any atom is 0.265 e. The molecule has 3 heterocycles. The molecule has 0 saturated carbocycles. The lowest BCUT2D eigenvalue weighted by Crippen LogP contribution is -2.42. The average Bonchev–Trinajstić information content (AvgIpc) is 3.18. The Labute approximate surface area is 196 Å². The number of ether oxygens (including phenoxy) is 2. The number of H-pyrrole nitrogens is 1. The van der Waals surface area contributed by atoms with Crippen LogP contribution < -0.4 is 9.47 Å². The zero-order valence-corrected chi connectivity index (χ0v) is 19.3. The van der Waals surface area contributed by atoms with Crippen molar-refractivity contribution in [2.75, 3.05) is 13.7 Å². The van der Waals surface area contributed by atoms with E-state index in [1.54, 1.807) is 7.11 Å². The van der Waals surface area contributed by atoms with Gasteiger partial charge in [0.05, 0.1) is 13.2 Å². The van der Waals surface area contributed by atoms with Crippen molar-refractivity contribution in [1.29, 1.82) is 0 Å². The number of halogens is 1. The maximum atomic E-state index is 6.30. The molecule has 4 aromatic rings. The first-order chi connectivity index (χ1) is 15.5. The van der Waals surface area contributed by atoms with Gasteiger partial charge in [-0.05, 0) is 73.1 Å². The fourth-order valence-corrected chi connectivity index (χ4v) is 4.71. The van der Waals surface area contributed by atoms with Crippen molar-refractivity contribution < 1.29 is 9.47 Å². The summed E-state index contributed by atoms with van der Waals surface area (Å²) in [6, 6.07) is 17.6. The van der Waals surface area contributed by atoms with Crippen LogP contribution in [0.25, 0.3) is 10.9 Å². The largest absolute Gasteiger partial charge is 0.481 e. The zero-order chi connectivity index (χ0) is 22.2. The molecule has 5 nitrogen and oxygen atoms in total. The van der Waals surface area contributed by atoms with E-state index < -0.39 is 0 Å². The van der Waals surface area contributed by atoms with Crippen molar-refractivity contribution in [2.24, 2.45) is 0 Å². The first kappa shape index (κ1) is 20.8. The summed E-state index contributed by atoms with van der Waals surface area (Å²) >= 11 is 12.1. The minimum atomic E-state index is -0.165. The second-order valence-corrected chi connectivity index (χ2v) is 8.65. The highest BCUT2D eigenvalue weighted by Gasteiger charge is 2.34. The second-order valence-electron chi connectivity index (χ2n) is 7.87. The minimum Gasteiger partial charge on any atom is -0.481 e. The van der Waals surface area contributed by atoms with Crippen molar-refractivity contribution in [3.63, 3.8) is 0 Å². The summed E-state index contributed by atoms with van der Waals surface area (Å²) in [5.74, 6) is 1.29. The molecule has 0 bridgehead atoms. The molecule has 1 aliphatic heterocycles. The third-order valence-corrected chi connectivity index (χ3v) is 6.39. The lowest BCUT2D eigenvalue weighted by Gasteiger charge is -2.37. The fourth-order valence-electron chi connectivity index (χ4n) is 4.24. The van der Waals surface area contributed by atoms with Crippen LogP contribution in [0.4, 0.5) is 0 Å². The highest BCUT2D eigenvalue weighted by Crippen LogP contribution is 2.39. The third kappa shape index (κ3) is 3.80. The molecule has 2 aromatic heterocycles. The molecular weight excluding hydrogens is 442 g/mol. The van der Waals surface area contributed by atoms with Gasteiger partial charge < -0.3 is 19.4 Å². The average molecular weight is 464 g/mol. The molecule has 0 radical (unpaired) electrons. The van der Waals surface area contributed by atoms with Gasteiger partial charge in [-0.1, -0.05) is 29.3 Å². The molecule has 5 rings (SSSR count). The Morgan fingerprint density at radius 1 is 1.16 bits per heavy atom. The van der Waals surface area contributed by atoms with Gasteiger partial charge >= 0.3 is 0 Å². The molecule has 0 aliphatic carbocycles. The molecule has 0 saturated heterocycles. The van der Waals surface area contributed by atoms with Gasteiger partial charge in [-0.3, -0.25) is 0 Å². The van der Waals surface area contributed by atoms with Crippen LogP contribution in [0, 0.1) is 6.92 Å². The van der Waals surface area contributed by atoms with E-state index in [1.807, 2.05) is 67.7 Å². The minimum absolute atomic E-state index is 0.165. The molecular formula is C25H22ClN3O2S. The fraction of sp³-hybridized carbons (Fsp3) is 0.200. The molecule has 32 heavy (non-hydrogen) atoms. The van der Waals surface area contributed by atoms with Gasteiger partial charge in [-0.15, -0.1) is 0 Å². The summed E-state index contributed by atoms with van der Waals surface area (Å²) in [4.78, 5) is 10.1. The Hall–Kier alpha value is -3.09. The number of nitrogens with one attached hydrogen (secondary N) is 1. The Kier molecular flexibility index (Phi) is 5.49. The number of thiocarbonyl (C=S) groups is 1. The van der Waals surface area contributed by atoms with Gasteiger partial charge in [0.1, 0.15) is 5.75 Å². The van der Waals surface area contributed by atoms with E-state index >= 15 is 0 Å². The second kappa shape index (κ2) is 8.45. The van der Waals surface area contributed by atoms with Gasteiger partial charge in [0.15, 0.2) is 0 Å². The highest BCUT2D eigenvalue weighted by atomic mass is 35.5. The van der Waals surface area contributed by atoms with Crippen molar-refractivity contribution in [3.8, 4) is 11.6 Å². The number of aromatic nitrogens is 2. The molecule has 1 N–H and O–H groups in total. The summed E-state index contributed by atoms with van der Waals surface area (Å²) < 4.78 is 11.3. The SMILES string of the molecule is COc1ccc(C2c3[nH]c4ccc(Cl)cc4c3CCN2C(=S)Oc2ccc(C)cc2)cn1. The van der Waals surface area contributed by atoms with Crippen molar-refractivity contribution >= 4 is 39.9 Å². The number of rotatable bonds is 3. The van der Waals surface area contributed by atoms with E-state index in [-0.39, 0.29) is 6.04 Å². The van der Waals surface area contributed by atoms with Crippen LogP contribution in [0.15, 0.2) is 60.8 Å². The topological polar surface area (TPSA) is 50.4 Å². The zero-order valence-electron chi connectivity index (χ0n) is 17.8. The third-order valence-electron chi connectivity index (χ3n) is 5.83. The molecule has 1 unspecified atom stereocenters. The Morgan fingerprint density at radius 3 is 2.69 bits per heavy atom. The van der Waals surface area contributed by atoms with Gasteiger partial charge in [0, 0.05) is 40.4 Å². The number of aryl methyl sites for hydroxylation is 1. The smallest absolute Gasteiger partial charge is 0.265 e. The van der Waals surface area contributed by atoms with E-state index in [9.17, 15) is 0 Å². The van der Waals surface area contributed by atoms with Crippen LogP contribution in [-0.2, 0) is 6.42 Å². The van der Waals surface area contributed by atoms with Crippen molar-refractivity contribution in [1.82, 2.24) is 14.9 Å². The molecule has 1 atom stereocenters. The van der Waals surface area contributed by atoms with E-state index in [0.29, 0.717) is 17.6 Å². The number of benzene rings is 2. The highest BCUT2D eigenvalue weighted by molar-refractivity contribution is 7.80. The standard InChI is InChI=1S/C25H22ClN3O2S/c1-15-3-7-18(8-4-15)31-25(32)29-12-11-19-20-13-17(26)6-9-21(20)28-23(19)24(29)16-5-10-22(30-2)27-14-16/h3-10,13-14,24,28H,11-12H2,1-2H3. The summed E-state index contributed by atoms with van der Waals surface area (Å²) in [6.07, 6.45) is 2.66. The van der Waals surface area contributed by atoms with E-state index in [4.69, 9.17) is 33.3 Å². The number of aromatic amines is 1. The van der Waals surface area contributed by atoms with Crippen LogP contribution in [0.3, 0.4) is 0 Å². The summed E-state index contributed by atoms with van der Waals surface area (Å²) in [5, 5.41) is 2.30. The first-order valence-corrected chi connectivity index (χ1v) is 11.2. The Bertz CT molecular complexity index is 1290. The molecule has 2 aromatic carbocycles. The van der Waals surface area contributed by atoms with E-state index in [0.717, 1.165) is 39.4 Å². The van der Waals surface area contributed by atoms with Crippen molar-refractivity contribution in [3.05, 3.63) is 88.2 Å². The summed E-state index contributed by atoms with van der Waals surface area (Å²) in [7, 11) is 1.61. The summed E-state index contributed by atoms with van der Waals surface area (Å²) in [6.45, 7) is 2.76. The number of hydrogen-bond donors (Lipinski definition) is 1. The van der Waals surface area contributed by atoms with Crippen LogP contribution in [-0.4, -0.2) is 33.7 Å². The molecule has 162 valence electrons.